The first kappa shape index (κ1) is 9.70. The zero-order valence-corrected chi connectivity index (χ0v) is 8.24. The number of rotatable bonds is 1. The second-order valence-corrected chi connectivity index (χ2v) is 3.71. The molecule has 5 nitrogen and oxygen atoms in total. The molecule has 0 radical (unpaired) electrons. The van der Waals surface area contributed by atoms with Gasteiger partial charge in [0.25, 0.3) is 0 Å². The van der Waals surface area contributed by atoms with Gasteiger partial charge in [-0.1, -0.05) is 5.21 Å². The van der Waals surface area contributed by atoms with E-state index in [1.807, 2.05) is 20.8 Å². The number of hydrogen-bond donors (Lipinski definition) is 0. The lowest BCUT2D eigenvalue weighted by atomic mass is 10.1. The number of carbonyl (C=O) groups excluding carboxylic acids is 1. The van der Waals surface area contributed by atoms with E-state index in [0.717, 1.165) is 0 Å². The fourth-order valence-electron chi connectivity index (χ4n) is 0.790. The highest BCUT2D eigenvalue weighted by atomic mass is 16.5. The Balaban J connectivity index is 2.93. The molecule has 72 valence electrons. The summed E-state index contributed by atoms with van der Waals surface area (Å²) in [5.74, 6) is -0.462. The average molecular weight is 183 g/mol. The Morgan fingerprint density at radius 1 is 1.54 bits per heavy atom. The number of aromatic nitrogens is 3. The monoisotopic (exact) mass is 183 g/mol. The molecule has 5 heteroatoms. The Kier molecular flexibility index (Phi) is 2.36. The number of methoxy groups -OCH3 is 1. The van der Waals surface area contributed by atoms with Crippen LogP contribution in [-0.4, -0.2) is 28.1 Å². The van der Waals surface area contributed by atoms with Crippen molar-refractivity contribution in [3.8, 4) is 0 Å². The maximum absolute atomic E-state index is 11.0. The molecule has 0 unspecified atom stereocenters. The molecule has 0 aliphatic rings. The maximum Gasteiger partial charge on any atom is 0.360 e. The van der Waals surface area contributed by atoms with Crippen molar-refractivity contribution in [2.45, 2.75) is 26.3 Å². The van der Waals surface area contributed by atoms with Crippen molar-refractivity contribution in [2.75, 3.05) is 7.11 Å². The Bertz CT molecular complexity index is 311. The van der Waals surface area contributed by atoms with Crippen LogP contribution in [-0.2, 0) is 10.3 Å². The lowest BCUT2D eigenvalue weighted by molar-refractivity contribution is 0.0594. The van der Waals surface area contributed by atoms with E-state index >= 15 is 0 Å². The number of ether oxygens (including phenoxy) is 1. The van der Waals surface area contributed by atoms with Gasteiger partial charge in [0.05, 0.1) is 18.8 Å². The molecule has 0 N–H and O–H groups in total. The van der Waals surface area contributed by atoms with Crippen LogP contribution in [0.1, 0.15) is 31.3 Å². The first-order valence-electron chi connectivity index (χ1n) is 3.96. The second kappa shape index (κ2) is 3.16. The molecular weight excluding hydrogens is 170 g/mol. The molecule has 1 aromatic rings. The quantitative estimate of drug-likeness (QED) is 0.605. The van der Waals surface area contributed by atoms with E-state index < -0.39 is 5.97 Å². The highest BCUT2D eigenvalue weighted by Crippen LogP contribution is 2.11. The molecule has 1 aromatic heterocycles. The van der Waals surface area contributed by atoms with E-state index in [1.165, 1.54) is 7.11 Å². The third-order valence-electron chi connectivity index (χ3n) is 1.58. The molecule has 0 spiro atoms. The highest BCUT2D eigenvalue weighted by Gasteiger charge is 2.18. The summed E-state index contributed by atoms with van der Waals surface area (Å²) in [6.45, 7) is 5.92. The first-order valence-corrected chi connectivity index (χ1v) is 3.96. The van der Waals surface area contributed by atoms with Gasteiger partial charge in [-0.3, -0.25) is 0 Å². The summed E-state index contributed by atoms with van der Waals surface area (Å²) in [4.78, 5) is 11.0. The van der Waals surface area contributed by atoms with Gasteiger partial charge in [-0.05, 0) is 20.8 Å². The molecule has 1 heterocycles. The molecule has 0 amide bonds. The van der Waals surface area contributed by atoms with Gasteiger partial charge in [0.15, 0.2) is 5.69 Å². The number of carbonyl (C=O) groups is 1. The SMILES string of the molecule is COC(=O)c1cn(C(C)(C)C)nn1. The van der Waals surface area contributed by atoms with Crippen molar-refractivity contribution in [2.24, 2.45) is 0 Å². The van der Waals surface area contributed by atoms with Crippen molar-refractivity contribution in [3.63, 3.8) is 0 Å². The van der Waals surface area contributed by atoms with Gasteiger partial charge in [0.2, 0.25) is 0 Å². The molecule has 0 atom stereocenters. The zero-order valence-electron chi connectivity index (χ0n) is 8.24. The average Bonchev–Trinajstić information content (AvgIpc) is 2.50. The first-order chi connectivity index (χ1) is 5.95. The van der Waals surface area contributed by atoms with Crippen LogP contribution in [0.2, 0.25) is 0 Å². The lowest BCUT2D eigenvalue weighted by Crippen LogP contribution is -2.22. The van der Waals surface area contributed by atoms with Gasteiger partial charge in [-0.25, -0.2) is 9.48 Å². The smallest absolute Gasteiger partial charge is 0.360 e. The predicted octanol–water partition coefficient (Wildman–Crippen LogP) is 0.820. The molecule has 0 aliphatic heterocycles. The maximum atomic E-state index is 11.0. The molecule has 0 aromatic carbocycles. The summed E-state index contributed by atoms with van der Waals surface area (Å²) in [6.07, 6.45) is 1.58. The molecule has 0 saturated heterocycles. The van der Waals surface area contributed by atoms with E-state index in [1.54, 1.807) is 10.9 Å². The number of hydrogen-bond acceptors (Lipinski definition) is 4. The van der Waals surface area contributed by atoms with Gasteiger partial charge in [-0.15, -0.1) is 5.10 Å². The summed E-state index contributed by atoms with van der Waals surface area (Å²) in [7, 11) is 1.32. The summed E-state index contributed by atoms with van der Waals surface area (Å²) in [5, 5.41) is 7.51. The summed E-state index contributed by atoms with van der Waals surface area (Å²) >= 11 is 0. The molecule has 0 bridgehead atoms. The van der Waals surface area contributed by atoms with Crippen molar-refractivity contribution in [3.05, 3.63) is 11.9 Å². The Morgan fingerprint density at radius 2 is 2.15 bits per heavy atom. The predicted molar refractivity (Wildman–Crippen MR) is 46.4 cm³/mol. The lowest BCUT2D eigenvalue weighted by Gasteiger charge is -2.17. The third kappa shape index (κ3) is 2.05. The Morgan fingerprint density at radius 3 is 2.54 bits per heavy atom. The molecule has 0 aliphatic carbocycles. The van der Waals surface area contributed by atoms with E-state index in [0.29, 0.717) is 0 Å². The fraction of sp³-hybridized carbons (Fsp3) is 0.625. The minimum atomic E-state index is -0.462. The largest absolute Gasteiger partial charge is 0.464 e. The Hall–Kier alpha value is -1.39. The molecular formula is C8H13N3O2. The molecule has 13 heavy (non-hydrogen) atoms. The molecule has 1 rings (SSSR count). The standard InChI is InChI=1S/C8H13N3O2/c1-8(2,3)11-5-6(9-10-11)7(12)13-4/h5H,1-4H3. The van der Waals surface area contributed by atoms with Crippen molar-refractivity contribution in [1.29, 1.82) is 0 Å². The summed E-state index contributed by atoms with van der Waals surface area (Å²) in [5.41, 5.74) is 0.0663. The topological polar surface area (TPSA) is 57.0 Å². The van der Waals surface area contributed by atoms with Crippen LogP contribution < -0.4 is 0 Å². The fourth-order valence-corrected chi connectivity index (χ4v) is 0.790. The van der Waals surface area contributed by atoms with Crippen LogP contribution in [0, 0.1) is 0 Å². The van der Waals surface area contributed by atoms with Crippen LogP contribution in [0.15, 0.2) is 6.20 Å². The zero-order chi connectivity index (χ0) is 10.1. The van der Waals surface area contributed by atoms with Gasteiger partial charge in [0, 0.05) is 0 Å². The van der Waals surface area contributed by atoms with Crippen LogP contribution >= 0.6 is 0 Å². The van der Waals surface area contributed by atoms with Crippen LogP contribution in [0.25, 0.3) is 0 Å². The van der Waals surface area contributed by atoms with Crippen LogP contribution in [0.3, 0.4) is 0 Å². The van der Waals surface area contributed by atoms with Crippen molar-refractivity contribution >= 4 is 5.97 Å². The van der Waals surface area contributed by atoms with E-state index in [-0.39, 0.29) is 11.2 Å². The van der Waals surface area contributed by atoms with Gasteiger partial charge >= 0.3 is 5.97 Å². The molecule has 0 saturated carbocycles. The van der Waals surface area contributed by atoms with Gasteiger partial charge in [0.1, 0.15) is 0 Å². The highest BCUT2D eigenvalue weighted by molar-refractivity contribution is 5.86. The van der Waals surface area contributed by atoms with E-state index in [9.17, 15) is 4.79 Å². The van der Waals surface area contributed by atoms with Gasteiger partial charge in [-0.2, -0.15) is 0 Å². The van der Waals surface area contributed by atoms with E-state index in [4.69, 9.17) is 0 Å². The number of nitrogens with zero attached hydrogens (tertiary/aromatic N) is 3. The van der Waals surface area contributed by atoms with E-state index in [2.05, 4.69) is 15.0 Å². The summed E-state index contributed by atoms with van der Waals surface area (Å²) in [6, 6.07) is 0. The number of esters is 1. The third-order valence-corrected chi connectivity index (χ3v) is 1.58. The molecule has 0 fully saturated rings. The minimum absolute atomic E-state index is 0.167. The normalized spacial score (nSPS) is 11.4. The van der Waals surface area contributed by atoms with Crippen molar-refractivity contribution in [1.82, 2.24) is 15.0 Å². The van der Waals surface area contributed by atoms with Crippen LogP contribution in [0.4, 0.5) is 0 Å². The second-order valence-electron chi connectivity index (χ2n) is 3.71. The minimum Gasteiger partial charge on any atom is -0.464 e. The summed E-state index contributed by atoms with van der Waals surface area (Å²) < 4.78 is 6.13. The Labute approximate surface area is 76.7 Å². The van der Waals surface area contributed by atoms with Crippen LogP contribution in [0.5, 0.6) is 0 Å². The van der Waals surface area contributed by atoms with Crippen molar-refractivity contribution < 1.29 is 9.53 Å². The van der Waals surface area contributed by atoms with Gasteiger partial charge < -0.3 is 4.74 Å².